The number of rotatable bonds is 1. The van der Waals surface area contributed by atoms with Crippen LogP contribution in [0.2, 0.25) is 0 Å². The summed E-state index contributed by atoms with van der Waals surface area (Å²) in [4.78, 5) is 66.8. The van der Waals surface area contributed by atoms with E-state index in [-0.39, 0.29) is 39.0 Å². The molecule has 3 aliphatic carbocycles. The molecule has 2 heterocycles. The fourth-order valence-corrected chi connectivity index (χ4v) is 7.33. The molecule has 39 heavy (non-hydrogen) atoms. The summed E-state index contributed by atoms with van der Waals surface area (Å²) in [5, 5.41) is 33.3. The minimum atomic E-state index is -2.45. The van der Waals surface area contributed by atoms with Gasteiger partial charge in [0.15, 0.2) is 17.2 Å². The van der Waals surface area contributed by atoms with Gasteiger partial charge < -0.3 is 29.5 Å². The number of phenolic OH excluding ortho intramolecular Hbond substituents is 2. The molecule has 11 heteroatoms. The molecule has 0 amide bonds. The maximum Gasteiger partial charge on any atom is 0.342 e. The van der Waals surface area contributed by atoms with Gasteiger partial charge >= 0.3 is 17.9 Å². The average Bonchev–Trinajstić information content (AvgIpc) is 3.06. The molecular weight excluding hydrogens is 512 g/mol. The molecule has 7 rings (SSSR count). The van der Waals surface area contributed by atoms with E-state index in [2.05, 4.69) is 0 Å². The standard InChI is InChI=1S/C28H20O11/c1-8-4-12(31)16-20-13(8)17-18-22(32)14-9(2)5-11(30)15-19(14)27(6-37-25(15)34,24(18)39-10(3)29)21(17)23(33)28(20,36)7-38-26(16)35/h4-5,18,24,30-31,36H,6-7H2,1-3H3/t18-,24?,27-,28?/m0/s1. The van der Waals surface area contributed by atoms with Gasteiger partial charge in [-0.1, -0.05) is 0 Å². The van der Waals surface area contributed by atoms with Gasteiger partial charge in [-0.25, -0.2) is 9.59 Å². The molecular formula is C28H20O11. The molecule has 2 aliphatic heterocycles. The highest BCUT2D eigenvalue weighted by Gasteiger charge is 2.72. The third kappa shape index (κ3) is 2.41. The number of hydrogen-bond donors (Lipinski definition) is 3. The van der Waals surface area contributed by atoms with Gasteiger partial charge in [0.25, 0.3) is 0 Å². The number of carbonyl (C=O) groups excluding carboxylic acids is 5. The van der Waals surface area contributed by atoms with Gasteiger partial charge in [0.05, 0.1) is 11.3 Å². The number of carbonyl (C=O) groups is 5. The number of cyclic esters (lactones) is 2. The Hall–Kier alpha value is -4.51. The Morgan fingerprint density at radius 2 is 1.46 bits per heavy atom. The Labute approximate surface area is 219 Å². The van der Waals surface area contributed by atoms with E-state index < -0.39 is 82.8 Å². The number of esters is 3. The Balaban J connectivity index is 1.70. The van der Waals surface area contributed by atoms with Crippen LogP contribution in [0.5, 0.6) is 11.5 Å². The molecule has 0 radical (unpaired) electrons. The van der Waals surface area contributed by atoms with Gasteiger partial charge in [0.1, 0.15) is 41.9 Å². The van der Waals surface area contributed by atoms with Crippen LogP contribution >= 0.6 is 0 Å². The number of Topliss-reactive ketones (excluding diaryl/α,β-unsaturated/α-hetero) is 2. The highest BCUT2D eigenvalue weighted by Crippen LogP contribution is 2.65. The molecule has 1 spiro atoms. The number of aryl methyl sites for hydroxylation is 2. The Kier molecular flexibility index (Phi) is 4.18. The topological polar surface area (TPSA) is 174 Å². The largest absolute Gasteiger partial charge is 0.507 e. The smallest absolute Gasteiger partial charge is 0.342 e. The van der Waals surface area contributed by atoms with Crippen LogP contribution in [0.4, 0.5) is 0 Å². The molecule has 0 aromatic heterocycles. The van der Waals surface area contributed by atoms with Gasteiger partial charge in [0, 0.05) is 23.6 Å². The third-order valence-electron chi connectivity index (χ3n) is 8.63. The van der Waals surface area contributed by atoms with Crippen molar-refractivity contribution < 1.29 is 53.5 Å². The van der Waals surface area contributed by atoms with Crippen LogP contribution in [0.25, 0.3) is 5.57 Å². The van der Waals surface area contributed by atoms with E-state index in [1.54, 1.807) is 13.8 Å². The van der Waals surface area contributed by atoms with Crippen LogP contribution in [0.1, 0.15) is 65.8 Å². The molecule has 0 fully saturated rings. The van der Waals surface area contributed by atoms with Crippen LogP contribution in [0.3, 0.4) is 0 Å². The SMILES string of the molecule is CC(=O)OC1[C@@H]2C(=O)c3c(C)cc(O)c4c3[C@@]1(COC4=O)C1=C2c2c(C)cc(O)c3c2C(O)(COC3=O)C1=O. The number of hydrogen-bond acceptors (Lipinski definition) is 11. The van der Waals surface area contributed by atoms with Gasteiger partial charge in [0.2, 0.25) is 0 Å². The zero-order valence-corrected chi connectivity index (χ0v) is 20.8. The van der Waals surface area contributed by atoms with Crippen LogP contribution in [0.15, 0.2) is 17.7 Å². The van der Waals surface area contributed by atoms with Gasteiger partial charge in [-0.05, 0) is 53.8 Å². The highest BCUT2D eigenvalue weighted by atomic mass is 16.6. The summed E-state index contributed by atoms with van der Waals surface area (Å²) in [7, 11) is 0. The molecule has 2 unspecified atom stereocenters. The zero-order valence-electron chi connectivity index (χ0n) is 20.8. The van der Waals surface area contributed by atoms with Crippen molar-refractivity contribution in [1.29, 1.82) is 0 Å². The van der Waals surface area contributed by atoms with E-state index in [0.29, 0.717) is 11.1 Å². The Morgan fingerprint density at radius 3 is 2.08 bits per heavy atom. The first-order chi connectivity index (χ1) is 18.4. The lowest BCUT2D eigenvalue weighted by Gasteiger charge is -2.46. The minimum absolute atomic E-state index is 0.00129. The van der Waals surface area contributed by atoms with E-state index in [1.165, 1.54) is 12.1 Å². The predicted octanol–water partition coefficient (Wildman–Crippen LogP) is 1.28. The first-order valence-corrected chi connectivity index (χ1v) is 12.2. The number of ether oxygens (including phenoxy) is 3. The van der Waals surface area contributed by atoms with Crippen molar-refractivity contribution in [3.05, 3.63) is 62.2 Å². The second kappa shape index (κ2) is 6.92. The second-order valence-corrected chi connectivity index (χ2v) is 10.6. The summed E-state index contributed by atoms with van der Waals surface area (Å²) in [6.07, 6.45) is -1.37. The lowest BCUT2D eigenvalue weighted by Crippen LogP contribution is -2.58. The summed E-state index contributed by atoms with van der Waals surface area (Å²) in [5.74, 6) is -6.43. The molecule has 2 aromatic carbocycles. The van der Waals surface area contributed by atoms with Crippen molar-refractivity contribution in [1.82, 2.24) is 0 Å². The molecule has 4 atom stereocenters. The van der Waals surface area contributed by atoms with Gasteiger partial charge in [-0.15, -0.1) is 0 Å². The van der Waals surface area contributed by atoms with E-state index >= 15 is 0 Å². The molecule has 0 saturated heterocycles. The van der Waals surface area contributed by atoms with E-state index in [0.717, 1.165) is 6.92 Å². The minimum Gasteiger partial charge on any atom is -0.507 e. The summed E-state index contributed by atoms with van der Waals surface area (Å²) in [6.45, 7) is 3.00. The molecule has 5 aliphatic rings. The van der Waals surface area contributed by atoms with E-state index in [9.17, 15) is 39.3 Å². The molecule has 2 aromatic rings. The van der Waals surface area contributed by atoms with Crippen molar-refractivity contribution >= 4 is 35.0 Å². The molecule has 3 N–H and O–H groups in total. The Bertz CT molecular complexity index is 1710. The van der Waals surface area contributed by atoms with E-state index in [1.807, 2.05) is 0 Å². The van der Waals surface area contributed by atoms with Crippen molar-refractivity contribution in [3.63, 3.8) is 0 Å². The molecule has 2 bridgehead atoms. The average molecular weight is 532 g/mol. The first-order valence-electron chi connectivity index (χ1n) is 12.2. The normalized spacial score (nSPS) is 29.3. The number of phenols is 2. The maximum absolute atomic E-state index is 14.4. The van der Waals surface area contributed by atoms with Crippen LogP contribution < -0.4 is 0 Å². The fourth-order valence-electron chi connectivity index (χ4n) is 7.33. The van der Waals surface area contributed by atoms with Crippen LogP contribution in [-0.2, 0) is 34.8 Å². The van der Waals surface area contributed by atoms with Crippen molar-refractivity contribution in [2.75, 3.05) is 13.2 Å². The number of ketones is 2. The highest BCUT2D eigenvalue weighted by molar-refractivity contribution is 6.25. The number of aromatic hydroxyl groups is 2. The number of fused-ring (bicyclic) bond motifs is 3. The fraction of sp³-hybridized carbons (Fsp3) is 0.321. The first kappa shape index (κ1) is 23.6. The summed E-state index contributed by atoms with van der Waals surface area (Å²) in [5.41, 5.74) is -4.21. The quantitative estimate of drug-likeness (QED) is 0.356. The lowest BCUT2D eigenvalue weighted by molar-refractivity contribution is -0.153. The summed E-state index contributed by atoms with van der Waals surface area (Å²) < 4.78 is 16.3. The Morgan fingerprint density at radius 1 is 0.897 bits per heavy atom. The third-order valence-corrected chi connectivity index (χ3v) is 8.63. The van der Waals surface area contributed by atoms with Crippen LogP contribution in [0, 0.1) is 19.8 Å². The second-order valence-electron chi connectivity index (χ2n) is 10.6. The predicted molar refractivity (Wildman–Crippen MR) is 127 cm³/mol. The van der Waals surface area contributed by atoms with Crippen molar-refractivity contribution in [2.24, 2.45) is 5.92 Å². The summed E-state index contributed by atoms with van der Waals surface area (Å²) >= 11 is 0. The monoisotopic (exact) mass is 532 g/mol. The van der Waals surface area contributed by atoms with Gasteiger partial charge in [-0.3, -0.25) is 14.4 Å². The zero-order chi connectivity index (χ0) is 27.9. The van der Waals surface area contributed by atoms with Crippen molar-refractivity contribution in [2.45, 2.75) is 37.9 Å². The lowest BCUT2D eigenvalue weighted by atomic mass is 9.60. The van der Waals surface area contributed by atoms with Gasteiger partial charge in [-0.2, -0.15) is 0 Å². The van der Waals surface area contributed by atoms with Crippen molar-refractivity contribution in [3.8, 4) is 11.5 Å². The molecule has 0 saturated carbocycles. The van der Waals surface area contributed by atoms with Crippen LogP contribution in [-0.4, -0.2) is 64.1 Å². The molecule has 198 valence electrons. The number of aliphatic hydroxyl groups is 1. The maximum atomic E-state index is 14.4. The summed E-state index contributed by atoms with van der Waals surface area (Å²) in [6, 6.07) is 2.52. The number of benzene rings is 2. The molecule has 11 nitrogen and oxygen atoms in total. The van der Waals surface area contributed by atoms with E-state index in [4.69, 9.17) is 14.2 Å².